The zero-order valence-electron chi connectivity index (χ0n) is 11.1. The van der Waals surface area contributed by atoms with E-state index in [0.717, 1.165) is 17.7 Å². The minimum absolute atomic E-state index is 0.316. The van der Waals surface area contributed by atoms with Gasteiger partial charge in [0.2, 0.25) is 0 Å². The van der Waals surface area contributed by atoms with Gasteiger partial charge >= 0.3 is 0 Å². The molecule has 4 aliphatic rings. The molecule has 0 aromatic carbocycles. The Morgan fingerprint density at radius 1 is 1.37 bits per heavy atom. The fourth-order valence-electron chi connectivity index (χ4n) is 3.28. The molecule has 0 radical (unpaired) electrons. The molecule has 1 saturated carbocycles. The summed E-state index contributed by atoms with van der Waals surface area (Å²) < 4.78 is 0. The van der Waals surface area contributed by atoms with Crippen molar-refractivity contribution in [3.05, 3.63) is 35.2 Å². The van der Waals surface area contributed by atoms with E-state index in [4.69, 9.17) is 5.73 Å². The Morgan fingerprint density at radius 3 is 2.74 bits per heavy atom. The number of hydrogen-bond acceptors (Lipinski definition) is 5. The van der Waals surface area contributed by atoms with Gasteiger partial charge in [-0.05, 0) is 24.3 Å². The molecular formula is C14H20N4S. The van der Waals surface area contributed by atoms with Crippen molar-refractivity contribution >= 4 is 11.8 Å². The van der Waals surface area contributed by atoms with Gasteiger partial charge in [-0.25, -0.2) is 0 Å². The first-order chi connectivity index (χ1) is 9.22. The molecule has 5 heteroatoms. The van der Waals surface area contributed by atoms with E-state index in [9.17, 15) is 0 Å². The Balaban J connectivity index is 1.40. The average molecular weight is 276 g/mol. The quantitative estimate of drug-likeness (QED) is 0.790. The molecule has 3 N–H and O–H groups in total. The predicted molar refractivity (Wildman–Crippen MR) is 78.7 cm³/mol. The number of likely N-dealkylation sites (tertiary alicyclic amines) is 1. The van der Waals surface area contributed by atoms with Crippen LogP contribution in [0.5, 0.6) is 0 Å². The number of thioether (sulfide) groups is 1. The van der Waals surface area contributed by atoms with E-state index in [1.807, 2.05) is 12.5 Å². The van der Waals surface area contributed by atoms with E-state index >= 15 is 0 Å². The first-order valence-electron chi connectivity index (χ1n) is 6.94. The molecular weight excluding hydrogens is 256 g/mol. The molecule has 0 amide bonds. The summed E-state index contributed by atoms with van der Waals surface area (Å²) >= 11 is 1.77. The van der Waals surface area contributed by atoms with E-state index in [1.54, 1.807) is 11.8 Å². The molecule has 0 spiro atoms. The first kappa shape index (κ1) is 11.7. The number of rotatable bonds is 2. The van der Waals surface area contributed by atoms with Gasteiger partial charge in [0.15, 0.2) is 0 Å². The maximum Gasteiger partial charge on any atom is 0.107 e. The van der Waals surface area contributed by atoms with E-state index < -0.39 is 0 Å². The summed E-state index contributed by atoms with van der Waals surface area (Å²) in [4.78, 5) is 4.68. The maximum absolute atomic E-state index is 5.91. The molecule has 4 atom stereocenters. The summed E-state index contributed by atoms with van der Waals surface area (Å²) in [5.74, 6) is 2.83. The number of likely N-dealkylation sites (N-methyl/N-ethyl adjacent to an activating group) is 1. The Hall–Kier alpha value is -1.07. The van der Waals surface area contributed by atoms with Crippen LogP contribution in [-0.4, -0.2) is 41.5 Å². The highest BCUT2D eigenvalue weighted by molar-refractivity contribution is 8.03. The predicted octanol–water partition coefficient (Wildman–Crippen LogP) is 1.07. The van der Waals surface area contributed by atoms with Crippen LogP contribution >= 0.6 is 11.8 Å². The third-order valence-corrected chi connectivity index (χ3v) is 5.88. The lowest BCUT2D eigenvalue weighted by Gasteiger charge is -2.31. The van der Waals surface area contributed by atoms with Gasteiger partial charge in [0.25, 0.3) is 0 Å². The Bertz CT molecular complexity index is 474. The average Bonchev–Trinajstić information content (AvgIpc) is 2.90. The highest BCUT2D eigenvalue weighted by Crippen LogP contribution is 2.45. The summed E-state index contributed by atoms with van der Waals surface area (Å²) in [6.45, 7) is 2.53. The summed E-state index contributed by atoms with van der Waals surface area (Å²) in [6, 6.07) is 0. The molecule has 2 fully saturated rings. The van der Waals surface area contributed by atoms with Crippen molar-refractivity contribution in [2.24, 2.45) is 17.6 Å². The third-order valence-electron chi connectivity index (χ3n) is 4.65. The third kappa shape index (κ3) is 1.96. The van der Waals surface area contributed by atoms with Crippen LogP contribution in [0.1, 0.15) is 6.42 Å². The van der Waals surface area contributed by atoms with Crippen molar-refractivity contribution in [2.75, 3.05) is 20.1 Å². The fourth-order valence-corrected chi connectivity index (χ4v) is 4.32. The van der Waals surface area contributed by atoms with E-state index in [2.05, 4.69) is 33.5 Å². The van der Waals surface area contributed by atoms with Gasteiger partial charge in [-0.3, -0.25) is 4.90 Å². The van der Waals surface area contributed by atoms with E-state index in [0.29, 0.717) is 11.5 Å². The van der Waals surface area contributed by atoms with Gasteiger partial charge in [0.05, 0.1) is 6.17 Å². The standard InChI is InChI=1S/C14H20N4S/c1-17-12(15)8-19-14(17)9-2-3-13(16-5-9)18-6-10-4-11(10)7-18/h2-3,5,8,10-11,13-14,16H,4,6-7,15H2,1H3. The van der Waals surface area contributed by atoms with Crippen molar-refractivity contribution in [1.82, 2.24) is 15.1 Å². The zero-order valence-corrected chi connectivity index (χ0v) is 11.9. The monoisotopic (exact) mass is 276 g/mol. The van der Waals surface area contributed by atoms with Crippen LogP contribution in [0.2, 0.25) is 0 Å². The summed E-state index contributed by atoms with van der Waals surface area (Å²) in [5, 5.41) is 5.88. The Kier molecular flexibility index (Phi) is 2.60. The van der Waals surface area contributed by atoms with Crippen LogP contribution in [0, 0.1) is 11.8 Å². The van der Waals surface area contributed by atoms with Gasteiger partial charge in [0.1, 0.15) is 11.2 Å². The number of piperidine rings is 1. The highest BCUT2D eigenvalue weighted by atomic mass is 32.2. The van der Waals surface area contributed by atoms with Crippen LogP contribution < -0.4 is 11.1 Å². The number of nitrogens with two attached hydrogens (primary N) is 1. The lowest BCUT2D eigenvalue weighted by molar-refractivity contribution is 0.235. The van der Waals surface area contributed by atoms with Crippen LogP contribution in [0.3, 0.4) is 0 Å². The molecule has 0 bridgehead atoms. The van der Waals surface area contributed by atoms with E-state index in [-0.39, 0.29) is 0 Å². The van der Waals surface area contributed by atoms with Crippen molar-refractivity contribution in [3.8, 4) is 0 Å². The van der Waals surface area contributed by atoms with Crippen LogP contribution in [0.4, 0.5) is 0 Å². The molecule has 4 rings (SSSR count). The van der Waals surface area contributed by atoms with Gasteiger partial charge in [-0.2, -0.15) is 0 Å². The Labute approximate surface area is 118 Å². The number of hydrogen-bond donors (Lipinski definition) is 2. The zero-order chi connectivity index (χ0) is 13.0. The largest absolute Gasteiger partial charge is 0.385 e. The van der Waals surface area contributed by atoms with Gasteiger partial charge in [-0.15, -0.1) is 11.8 Å². The number of nitrogens with one attached hydrogen (secondary N) is 1. The molecule has 3 aliphatic heterocycles. The molecule has 1 saturated heterocycles. The van der Waals surface area contributed by atoms with E-state index in [1.165, 1.54) is 25.1 Å². The molecule has 102 valence electrons. The lowest BCUT2D eigenvalue weighted by Crippen LogP contribution is -2.43. The van der Waals surface area contributed by atoms with Gasteiger partial charge < -0.3 is 16.0 Å². The van der Waals surface area contributed by atoms with Crippen LogP contribution in [-0.2, 0) is 0 Å². The fraction of sp³-hybridized carbons (Fsp3) is 0.571. The van der Waals surface area contributed by atoms with Gasteiger partial charge in [-0.1, -0.05) is 6.08 Å². The Morgan fingerprint density at radius 2 is 2.16 bits per heavy atom. The normalized spacial score (nSPS) is 40.8. The SMILES string of the molecule is CN1C(N)=CSC1C1=CNC(N2CC3CC3C2)C=C1. The van der Waals surface area contributed by atoms with Crippen molar-refractivity contribution in [2.45, 2.75) is 18.0 Å². The minimum atomic E-state index is 0.316. The number of fused-ring (bicyclic) bond motifs is 1. The van der Waals surface area contributed by atoms with Crippen molar-refractivity contribution in [3.63, 3.8) is 0 Å². The van der Waals surface area contributed by atoms with Crippen LogP contribution in [0.25, 0.3) is 0 Å². The van der Waals surface area contributed by atoms with Crippen molar-refractivity contribution < 1.29 is 0 Å². The summed E-state index contributed by atoms with van der Waals surface area (Å²) in [6.07, 6.45) is 8.56. The maximum atomic E-state index is 5.91. The second kappa shape index (κ2) is 4.21. The second-order valence-electron chi connectivity index (χ2n) is 5.97. The summed E-state index contributed by atoms with van der Waals surface area (Å²) in [7, 11) is 2.05. The topological polar surface area (TPSA) is 44.5 Å². The molecule has 0 aromatic heterocycles. The van der Waals surface area contributed by atoms with Crippen molar-refractivity contribution in [1.29, 1.82) is 0 Å². The molecule has 4 unspecified atom stereocenters. The molecule has 3 heterocycles. The minimum Gasteiger partial charge on any atom is -0.385 e. The number of dihydropyridines is 1. The first-order valence-corrected chi connectivity index (χ1v) is 7.89. The number of nitrogens with zero attached hydrogens (tertiary/aromatic N) is 2. The molecule has 19 heavy (non-hydrogen) atoms. The summed E-state index contributed by atoms with van der Waals surface area (Å²) in [5.41, 5.74) is 7.20. The smallest absolute Gasteiger partial charge is 0.107 e. The second-order valence-corrected chi connectivity index (χ2v) is 6.92. The molecule has 4 nitrogen and oxygen atoms in total. The lowest BCUT2D eigenvalue weighted by atomic mass is 10.1. The highest BCUT2D eigenvalue weighted by Gasteiger charge is 2.46. The van der Waals surface area contributed by atoms with Crippen LogP contribution in [0.15, 0.2) is 35.2 Å². The molecule has 1 aliphatic carbocycles. The molecule has 0 aromatic rings. The van der Waals surface area contributed by atoms with Gasteiger partial charge in [0, 0.05) is 37.3 Å².